The van der Waals surface area contributed by atoms with Crippen LogP contribution in [-0.4, -0.2) is 56.6 Å². The van der Waals surface area contributed by atoms with Crippen molar-refractivity contribution in [3.63, 3.8) is 0 Å². The van der Waals surface area contributed by atoms with E-state index in [9.17, 15) is 9.18 Å². The number of hydrogen-bond donors (Lipinski definition) is 2. The number of benzene rings is 2. The topological polar surface area (TPSA) is 66.0 Å². The molecule has 6 nitrogen and oxygen atoms in total. The molecule has 1 aliphatic rings. The number of rotatable bonds is 10. The van der Waals surface area contributed by atoms with Gasteiger partial charge in [0.05, 0.1) is 6.54 Å². The number of methoxy groups -OCH3 is 1. The van der Waals surface area contributed by atoms with Crippen LogP contribution in [0.4, 0.5) is 4.39 Å². The van der Waals surface area contributed by atoms with Crippen molar-refractivity contribution < 1.29 is 13.9 Å². The summed E-state index contributed by atoms with van der Waals surface area (Å²) in [5, 5.41) is 6.60. The quantitative estimate of drug-likeness (QED) is 0.260. The Hall–Kier alpha value is -2.20. The fourth-order valence-electron chi connectivity index (χ4n) is 3.87. The highest BCUT2D eigenvalue weighted by Gasteiger charge is 2.29. The van der Waals surface area contributed by atoms with Crippen LogP contribution in [0.3, 0.4) is 0 Å². The third kappa shape index (κ3) is 8.58. The lowest BCUT2D eigenvalue weighted by molar-refractivity contribution is -0.127. The molecular weight excluding hydrogens is 534 g/mol. The van der Waals surface area contributed by atoms with E-state index in [2.05, 4.69) is 27.8 Å². The number of carbonyl (C=O) groups is 1. The Kier molecular flexibility index (Phi) is 11.6. The molecule has 1 heterocycles. The molecule has 0 aromatic heterocycles. The molecule has 2 aromatic rings. The number of amides is 1. The summed E-state index contributed by atoms with van der Waals surface area (Å²) in [6.45, 7) is 5.33. The van der Waals surface area contributed by atoms with Gasteiger partial charge in [-0.25, -0.2) is 4.39 Å². The molecule has 180 valence electrons. The third-order valence-corrected chi connectivity index (χ3v) is 5.65. The molecule has 1 aliphatic heterocycles. The van der Waals surface area contributed by atoms with E-state index in [0.29, 0.717) is 25.5 Å². The maximum atomic E-state index is 13.2. The average molecular weight is 568 g/mol. The minimum Gasteiger partial charge on any atom is -0.375 e. The van der Waals surface area contributed by atoms with Gasteiger partial charge in [0.15, 0.2) is 5.96 Å². The number of nitrogens with one attached hydrogen (secondary N) is 2. The van der Waals surface area contributed by atoms with Crippen molar-refractivity contribution in [2.45, 2.75) is 25.9 Å². The first-order valence-corrected chi connectivity index (χ1v) is 11.2. The van der Waals surface area contributed by atoms with Crippen LogP contribution >= 0.6 is 24.0 Å². The number of guanidine groups is 1. The van der Waals surface area contributed by atoms with Gasteiger partial charge in [-0.2, -0.15) is 0 Å². The summed E-state index contributed by atoms with van der Waals surface area (Å²) in [7, 11) is 1.62. The molecule has 1 fully saturated rings. The molecule has 2 aromatic carbocycles. The summed E-state index contributed by atoms with van der Waals surface area (Å²) < 4.78 is 18.7. The SMILES string of the molecule is CCNC(=NCC(OC)c1ccc(F)cc1)NCC1CC(=O)N(CCc2ccccc2)C1.I. The van der Waals surface area contributed by atoms with Gasteiger partial charge in [-0.15, -0.1) is 24.0 Å². The van der Waals surface area contributed by atoms with Gasteiger partial charge in [0.2, 0.25) is 5.91 Å². The molecule has 1 amide bonds. The van der Waals surface area contributed by atoms with Crippen LogP contribution in [0.5, 0.6) is 0 Å². The first kappa shape index (κ1) is 27.0. The zero-order chi connectivity index (χ0) is 22.8. The van der Waals surface area contributed by atoms with Crippen molar-refractivity contribution in [1.82, 2.24) is 15.5 Å². The van der Waals surface area contributed by atoms with Gasteiger partial charge in [-0.05, 0) is 36.6 Å². The van der Waals surface area contributed by atoms with Gasteiger partial charge >= 0.3 is 0 Å². The largest absolute Gasteiger partial charge is 0.375 e. The predicted molar refractivity (Wildman–Crippen MR) is 140 cm³/mol. The number of likely N-dealkylation sites (tertiary alicyclic amines) is 1. The fourth-order valence-corrected chi connectivity index (χ4v) is 3.87. The van der Waals surface area contributed by atoms with Crippen LogP contribution in [0, 0.1) is 11.7 Å². The van der Waals surface area contributed by atoms with Crippen LogP contribution in [0.2, 0.25) is 0 Å². The Balaban J connectivity index is 0.00000385. The first-order chi connectivity index (χ1) is 15.6. The predicted octanol–water partition coefficient (Wildman–Crippen LogP) is 3.78. The van der Waals surface area contributed by atoms with E-state index < -0.39 is 0 Å². The van der Waals surface area contributed by atoms with Crippen LogP contribution < -0.4 is 10.6 Å². The summed E-state index contributed by atoms with van der Waals surface area (Å²) >= 11 is 0. The maximum absolute atomic E-state index is 13.2. The zero-order valence-electron chi connectivity index (χ0n) is 19.3. The number of halogens is 2. The summed E-state index contributed by atoms with van der Waals surface area (Å²) in [6.07, 6.45) is 1.17. The van der Waals surface area contributed by atoms with Crippen molar-refractivity contribution in [2.24, 2.45) is 10.9 Å². The number of ether oxygens (including phenoxy) is 1. The van der Waals surface area contributed by atoms with E-state index in [4.69, 9.17) is 4.74 Å². The number of aliphatic imine (C=N–C) groups is 1. The summed E-state index contributed by atoms with van der Waals surface area (Å²) in [5.74, 6) is 0.876. The van der Waals surface area contributed by atoms with Crippen LogP contribution in [-0.2, 0) is 16.0 Å². The Morgan fingerprint density at radius 1 is 1.18 bits per heavy atom. The molecule has 0 radical (unpaired) electrons. The minimum atomic E-state index is -0.272. The van der Waals surface area contributed by atoms with Crippen LogP contribution in [0.1, 0.15) is 30.6 Å². The second-order valence-corrected chi connectivity index (χ2v) is 8.02. The van der Waals surface area contributed by atoms with Crippen LogP contribution in [0.25, 0.3) is 0 Å². The minimum absolute atomic E-state index is 0. The number of hydrogen-bond acceptors (Lipinski definition) is 3. The van der Waals surface area contributed by atoms with Crippen LogP contribution in [0.15, 0.2) is 59.6 Å². The molecule has 1 saturated heterocycles. The normalized spacial score (nSPS) is 16.9. The maximum Gasteiger partial charge on any atom is 0.223 e. The molecular formula is C25H34FIN4O2. The molecule has 2 unspecified atom stereocenters. The standard InChI is InChI=1S/C25H33FN4O2.HI/c1-3-27-25(29-17-23(32-2)21-9-11-22(26)12-10-21)28-16-20-15-24(31)30(18-20)14-13-19-7-5-4-6-8-19;/h4-12,20,23H,3,13-18H2,1-2H3,(H2,27,28,29);1H. The number of nitrogens with zero attached hydrogens (tertiary/aromatic N) is 2. The van der Waals surface area contributed by atoms with E-state index in [1.807, 2.05) is 30.0 Å². The monoisotopic (exact) mass is 568 g/mol. The highest BCUT2D eigenvalue weighted by atomic mass is 127. The van der Waals surface area contributed by atoms with Crippen molar-refractivity contribution in [2.75, 3.05) is 39.8 Å². The highest BCUT2D eigenvalue weighted by Crippen LogP contribution is 2.19. The second-order valence-electron chi connectivity index (χ2n) is 8.02. The van der Waals surface area contributed by atoms with Crippen molar-refractivity contribution in [3.8, 4) is 0 Å². The molecule has 0 aliphatic carbocycles. The lowest BCUT2D eigenvalue weighted by atomic mass is 10.1. The van der Waals surface area contributed by atoms with E-state index >= 15 is 0 Å². The smallest absolute Gasteiger partial charge is 0.223 e. The van der Waals surface area contributed by atoms with Gasteiger partial charge in [0.1, 0.15) is 11.9 Å². The molecule has 33 heavy (non-hydrogen) atoms. The number of carbonyl (C=O) groups excluding carboxylic acids is 1. The first-order valence-electron chi connectivity index (χ1n) is 11.2. The average Bonchev–Trinajstić information content (AvgIpc) is 3.17. The van der Waals surface area contributed by atoms with Crippen molar-refractivity contribution in [1.29, 1.82) is 0 Å². The third-order valence-electron chi connectivity index (χ3n) is 5.65. The Bertz CT molecular complexity index is 880. The summed E-state index contributed by atoms with van der Waals surface area (Å²) in [4.78, 5) is 19.0. The van der Waals surface area contributed by atoms with Gasteiger partial charge in [0, 0.05) is 45.6 Å². The van der Waals surface area contributed by atoms with E-state index in [1.54, 1.807) is 19.2 Å². The summed E-state index contributed by atoms with van der Waals surface area (Å²) in [6, 6.07) is 16.5. The van der Waals surface area contributed by atoms with E-state index in [0.717, 1.165) is 31.6 Å². The van der Waals surface area contributed by atoms with Gasteiger partial charge < -0.3 is 20.3 Å². The molecule has 8 heteroatoms. The van der Waals surface area contributed by atoms with Crippen molar-refractivity contribution in [3.05, 3.63) is 71.5 Å². The lowest BCUT2D eigenvalue weighted by Gasteiger charge is -2.18. The van der Waals surface area contributed by atoms with Gasteiger partial charge in [0.25, 0.3) is 0 Å². The van der Waals surface area contributed by atoms with Crippen molar-refractivity contribution >= 4 is 35.8 Å². The lowest BCUT2D eigenvalue weighted by Crippen LogP contribution is -2.40. The second kappa shape index (κ2) is 14.1. The zero-order valence-corrected chi connectivity index (χ0v) is 21.6. The van der Waals surface area contributed by atoms with Gasteiger partial charge in [-0.1, -0.05) is 42.5 Å². The Morgan fingerprint density at radius 2 is 1.91 bits per heavy atom. The molecule has 3 rings (SSSR count). The molecule has 0 spiro atoms. The van der Waals surface area contributed by atoms with Gasteiger partial charge in [-0.3, -0.25) is 9.79 Å². The molecule has 0 bridgehead atoms. The summed E-state index contributed by atoms with van der Waals surface area (Å²) in [5.41, 5.74) is 2.13. The van der Waals surface area contributed by atoms with E-state index in [1.165, 1.54) is 17.7 Å². The molecule has 2 N–H and O–H groups in total. The molecule has 2 atom stereocenters. The Morgan fingerprint density at radius 3 is 2.58 bits per heavy atom. The molecule has 0 saturated carbocycles. The Labute approximate surface area is 213 Å². The van der Waals surface area contributed by atoms with E-state index in [-0.39, 0.29) is 47.7 Å². The fraction of sp³-hybridized carbons (Fsp3) is 0.440. The highest BCUT2D eigenvalue weighted by molar-refractivity contribution is 14.0.